The number of ether oxygens (including phenoxy) is 3. The van der Waals surface area contributed by atoms with Crippen molar-refractivity contribution >= 4 is 75.7 Å². The van der Waals surface area contributed by atoms with Crippen LogP contribution < -0.4 is 26.2 Å². The van der Waals surface area contributed by atoms with Gasteiger partial charge in [0.05, 0.1) is 79.6 Å². The van der Waals surface area contributed by atoms with E-state index in [-0.39, 0.29) is 54.4 Å². The van der Waals surface area contributed by atoms with Gasteiger partial charge >= 0.3 is 5.97 Å². The van der Waals surface area contributed by atoms with Crippen molar-refractivity contribution in [2.75, 3.05) is 36.5 Å². The van der Waals surface area contributed by atoms with Crippen LogP contribution in [0.3, 0.4) is 0 Å². The molecular weight excluding hydrogens is 1030 g/mol. The summed E-state index contributed by atoms with van der Waals surface area (Å²) in [6, 6.07) is 15.2. The van der Waals surface area contributed by atoms with E-state index in [1.54, 1.807) is 57.5 Å². The Morgan fingerprint density at radius 1 is 1.00 bits per heavy atom. The summed E-state index contributed by atoms with van der Waals surface area (Å²) in [7, 11) is 0. The van der Waals surface area contributed by atoms with Crippen LogP contribution >= 0.6 is 22.9 Å². The molecule has 77 heavy (non-hydrogen) atoms. The van der Waals surface area contributed by atoms with Gasteiger partial charge in [0.2, 0.25) is 29.5 Å². The summed E-state index contributed by atoms with van der Waals surface area (Å²) in [5, 5.41) is 21.3. The number of carbonyl (C=O) groups is 7. The van der Waals surface area contributed by atoms with Crippen LogP contribution in [0.1, 0.15) is 114 Å². The molecule has 5 heterocycles. The topological polar surface area (TPSA) is 238 Å². The van der Waals surface area contributed by atoms with Gasteiger partial charge in [-0.25, -0.2) is 14.3 Å². The number of nitrogens with zero attached hydrogens (tertiary/aromatic N) is 4. The molecule has 408 valence electrons. The standard InChI is InChI=1S/C56H64ClFN8O10S/c1-30(33-12-14-34(15-13-33)47-31(2)61-29-77-47)62-50(70)42-24-38(75-32(3)67)27-65(42)53(73)48(54(4,5)6)64-44(68)28-74-21-11-9-10-20-60-36-17-19-39(41(58)22-36)49(69)63-43-25-55(7)45-46(56(43,8)76-55)52(72)66(51(45)71)37-18-16-35(26-59)40(57)23-37/h12-19,22-23,29-30,38,42-43,45-46,48,60H,9-11,20-21,24-25,27-28H2,1-8H3,(H,62,70)(H,63,69)(H,64,68)/t30-,38?,42-,43?,45?,46-,48+,55+,56-/m1/s1. The third kappa shape index (κ3) is 11.7. The van der Waals surface area contributed by atoms with E-state index < -0.39 is 106 Å². The molecule has 4 aliphatic rings. The monoisotopic (exact) mass is 1090 g/mol. The Morgan fingerprint density at radius 3 is 2.38 bits per heavy atom. The van der Waals surface area contributed by atoms with Crippen LogP contribution in [0.5, 0.6) is 0 Å². The Labute approximate surface area is 455 Å². The summed E-state index contributed by atoms with van der Waals surface area (Å²) in [6.45, 7) is 14.3. The van der Waals surface area contributed by atoms with Gasteiger partial charge in [0.1, 0.15) is 36.7 Å². The fourth-order valence-corrected chi connectivity index (χ4v) is 12.2. The maximum absolute atomic E-state index is 15.5. The maximum Gasteiger partial charge on any atom is 0.302 e. The molecule has 0 saturated carbocycles. The van der Waals surface area contributed by atoms with Crippen molar-refractivity contribution in [2.45, 2.75) is 129 Å². The zero-order chi connectivity index (χ0) is 55.7. The molecule has 4 fully saturated rings. The molecule has 0 spiro atoms. The number of nitriles is 1. The van der Waals surface area contributed by atoms with Crippen LogP contribution in [0, 0.1) is 41.3 Å². The lowest BCUT2D eigenvalue weighted by Gasteiger charge is -2.35. The van der Waals surface area contributed by atoms with Crippen LogP contribution in [0.15, 0.2) is 66.2 Å². The van der Waals surface area contributed by atoms with E-state index in [9.17, 15) is 38.8 Å². The smallest absolute Gasteiger partial charge is 0.302 e. The molecule has 4 saturated heterocycles. The number of amides is 6. The predicted octanol–water partition coefficient (Wildman–Crippen LogP) is 7.18. The van der Waals surface area contributed by atoms with Crippen LogP contribution in [0.25, 0.3) is 10.4 Å². The van der Waals surface area contributed by atoms with Gasteiger partial charge in [-0.1, -0.05) is 56.6 Å². The molecule has 18 nitrogen and oxygen atoms in total. The summed E-state index contributed by atoms with van der Waals surface area (Å²) in [5.74, 6) is -6.10. The number of aryl methyl sites for hydroxylation is 1. The molecule has 21 heteroatoms. The van der Waals surface area contributed by atoms with Crippen LogP contribution in [-0.2, 0) is 43.0 Å². The number of likely N-dealkylation sites (tertiary alicyclic amines) is 1. The van der Waals surface area contributed by atoms with Crippen LogP contribution in [-0.4, -0.2) is 113 Å². The van der Waals surface area contributed by atoms with Crippen molar-refractivity contribution < 1.29 is 52.2 Å². The van der Waals surface area contributed by atoms with E-state index >= 15 is 4.39 Å². The minimum atomic E-state index is -1.27. The number of thiazole rings is 1. The third-order valence-electron chi connectivity index (χ3n) is 15.1. The highest BCUT2D eigenvalue weighted by atomic mass is 35.5. The number of benzene rings is 3. The Hall–Kier alpha value is -6.79. The first kappa shape index (κ1) is 56.4. The zero-order valence-electron chi connectivity index (χ0n) is 44.3. The second kappa shape index (κ2) is 22.7. The van der Waals surface area contributed by atoms with Crippen LogP contribution in [0.2, 0.25) is 5.02 Å². The first-order chi connectivity index (χ1) is 36.4. The van der Waals surface area contributed by atoms with Crippen molar-refractivity contribution in [3.8, 4) is 16.5 Å². The highest BCUT2D eigenvalue weighted by Crippen LogP contribution is 2.61. The molecule has 3 unspecified atom stereocenters. The molecule has 4 aliphatic heterocycles. The lowest BCUT2D eigenvalue weighted by atomic mass is 9.66. The van der Waals surface area contributed by atoms with E-state index in [2.05, 4.69) is 26.3 Å². The van der Waals surface area contributed by atoms with Crippen molar-refractivity contribution in [3.63, 3.8) is 0 Å². The Bertz CT molecular complexity index is 3020. The van der Waals surface area contributed by atoms with Crippen molar-refractivity contribution in [1.82, 2.24) is 25.8 Å². The van der Waals surface area contributed by atoms with Crippen molar-refractivity contribution in [2.24, 2.45) is 17.3 Å². The summed E-state index contributed by atoms with van der Waals surface area (Å²) in [4.78, 5) is 103. The average molecular weight is 1100 g/mol. The number of carbonyl (C=O) groups excluding carboxylic acids is 7. The second-order valence-electron chi connectivity index (χ2n) is 21.8. The fourth-order valence-electron chi connectivity index (χ4n) is 11.2. The summed E-state index contributed by atoms with van der Waals surface area (Å²) < 4.78 is 33.1. The number of fused-ring (bicyclic) bond motifs is 5. The normalized spacial score (nSPS) is 24.2. The van der Waals surface area contributed by atoms with Gasteiger partial charge in [-0.05, 0) is 99.9 Å². The van der Waals surface area contributed by atoms with Gasteiger partial charge in [-0.2, -0.15) is 5.26 Å². The van der Waals surface area contributed by atoms with Crippen LogP contribution in [0.4, 0.5) is 15.8 Å². The summed E-state index contributed by atoms with van der Waals surface area (Å²) in [6.07, 6.45) is 1.57. The maximum atomic E-state index is 15.5. The average Bonchev–Trinajstić information content (AvgIpc) is 4.17. The third-order valence-corrected chi connectivity index (χ3v) is 16.4. The molecule has 2 bridgehead atoms. The number of aromatic nitrogens is 1. The van der Waals surface area contributed by atoms with Gasteiger partial charge in [0.25, 0.3) is 5.91 Å². The lowest BCUT2D eigenvalue weighted by molar-refractivity contribution is -0.147. The van der Waals surface area contributed by atoms with Gasteiger partial charge in [0, 0.05) is 38.6 Å². The molecule has 4 N–H and O–H groups in total. The van der Waals surface area contributed by atoms with E-state index in [1.165, 1.54) is 42.2 Å². The van der Waals surface area contributed by atoms with Gasteiger partial charge in [-0.3, -0.25) is 33.6 Å². The van der Waals surface area contributed by atoms with Crippen molar-refractivity contribution in [1.29, 1.82) is 5.26 Å². The number of esters is 1. The SMILES string of the molecule is CC(=O)OC1C[C@H](C(=O)N[C@H](C)c2ccc(-c3scnc3C)cc2)N(C(=O)[C@H](NC(=O)COCCCCCNc2ccc(C(=O)NC3C[C@]4(C)O[C@@]3(C)[C@H]3C(=O)N(c5ccc(C#N)c(Cl)c5)C(=O)C34)c(F)c2)C(C)(C)C)C1. The first-order valence-corrected chi connectivity index (χ1v) is 27.0. The van der Waals surface area contributed by atoms with Gasteiger partial charge in [-0.15, -0.1) is 11.3 Å². The lowest BCUT2D eigenvalue weighted by Crippen LogP contribution is -2.58. The number of unbranched alkanes of at least 4 members (excludes halogenated alkanes) is 2. The number of imide groups is 1. The summed E-state index contributed by atoms with van der Waals surface area (Å²) in [5.41, 5.74) is 2.18. The number of anilines is 2. The number of rotatable bonds is 19. The fraction of sp³-hybridized carbons (Fsp3) is 0.482. The minimum absolute atomic E-state index is 0.0206. The van der Waals surface area contributed by atoms with Gasteiger partial charge < -0.3 is 40.4 Å². The zero-order valence-corrected chi connectivity index (χ0v) is 45.9. The molecule has 9 atom stereocenters. The molecule has 6 amide bonds. The first-order valence-electron chi connectivity index (χ1n) is 25.7. The highest BCUT2D eigenvalue weighted by Gasteiger charge is 2.76. The number of hydrogen-bond donors (Lipinski definition) is 4. The van der Waals surface area contributed by atoms with E-state index in [1.807, 2.05) is 44.2 Å². The van der Waals surface area contributed by atoms with Gasteiger partial charge in [0.15, 0.2) is 0 Å². The Kier molecular flexibility index (Phi) is 16.6. The van der Waals surface area contributed by atoms with E-state index in [0.717, 1.165) is 26.6 Å². The quantitative estimate of drug-likeness (QED) is 0.0414. The molecular formula is C56H64ClFN8O10S. The van der Waals surface area contributed by atoms with E-state index in [4.69, 9.17) is 25.8 Å². The van der Waals surface area contributed by atoms with Crippen molar-refractivity contribution in [3.05, 3.63) is 99.4 Å². The van der Waals surface area contributed by atoms with E-state index in [0.29, 0.717) is 31.5 Å². The predicted molar refractivity (Wildman–Crippen MR) is 285 cm³/mol. The Morgan fingerprint density at radius 2 is 1.73 bits per heavy atom. The summed E-state index contributed by atoms with van der Waals surface area (Å²) >= 11 is 7.79. The molecule has 0 radical (unpaired) electrons. The number of hydrogen-bond acceptors (Lipinski definition) is 14. The second-order valence-corrected chi connectivity index (χ2v) is 23.0. The largest absolute Gasteiger partial charge is 0.461 e. The minimum Gasteiger partial charge on any atom is -0.461 e. The Balaban J connectivity index is 0.771. The molecule has 1 aromatic heterocycles. The molecule has 4 aromatic rings. The number of nitrogens with one attached hydrogen (secondary N) is 4. The highest BCUT2D eigenvalue weighted by molar-refractivity contribution is 7.13. The number of halogens is 2. The molecule has 0 aliphatic carbocycles. The molecule has 3 aromatic carbocycles. The molecule has 8 rings (SSSR count).